The second kappa shape index (κ2) is 6.33. The number of hydrogen-bond donors (Lipinski definition) is 2. The highest BCUT2D eigenvalue weighted by Gasteiger charge is 2.12. The third kappa shape index (κ3) is 5.55. The lowest BCUT2D eigenvalue weighted by molar-refractivity contribution is 0.199. The number of hydrogen-bond acceptors (Lipinski definition) is 5. The lowest BCUT2D eigenvalue weighted by atomic mass is 10.3. The van der Waals surface area contributed by atoms with Crippen LogP contribution in [0.2, 0.25) is 0 Å². The standard InChI is InChI=1S/C10H16N2O5S2/c1-17-6-3-7-18(13,14)12-9-4-2-5-10(8-9)19(11,15)16/h2,4-5,8,12H,3,6-7H2,1H3,(H2,11,15,16). The van der Waals surface area contributed by atoms with Crippen LogP contribution in [0.5, 0.6) is 0 Å². The largest absolute Gasteiger partial charge is 0.385 e. The molecule has 0 saturated carbocycles. The van der Waals surface area contributed by atoms with Gasteiger partial charge in [-0.15, -0.1) is 0 Å². The van der Waals surface area contributed by atoms with Crippen LogP contribution in [0.25, 0.3) is 0 Å². The van der Waals surface area contributed by atoms with Crippen molar-refractivity contribution < 1.29 is 21.6 Å². The molecule has 0 aliphatic carbocycles. The first-order chi connectivity index (χ1) is 8.74. The molecule has 7 nitrogen and oxygen atoms in total. The van der Waals surface area contributed by atoms with Crippen molar-refractivity contribution in [3.8, 4) is 0 Å². The summed E-state index contributed by atoms with van der Waals surface area (Å²) < 4.78 is 52.7. The van der Waals surface area contributed by atoms with Gasteiger partial charge in [-0.3, -0.25) is 4.72 Å². The van der Waals surface area contributed by atoms with Gasteiger partial charge in [0.05, 0.1) is 10.6 Å². The maximum Gasteiger partial charge on any atom is 0.238 e. The quantitative estimate of drug-likeness (QED) is 0.694. The van der Waals surface area contributed by atoms with Crippen molar-refractivity contribution in [2.45, 2.75) is 11.3 Å². The minimum atomic E-state index is -3.86. The Kier molecular flexibility index (Phi) is 5.29. The van der Waals surface area contributed by atoms with Crippen LogP contribution in [0.1, 0.15) is 6.42 Å². The molecule has 0 radical (unpaired) electrons. The molecule has 1 rings (SSSR count). The van der Waals surface area contributed by atoms with Crippen LogP contribution in [-0.4, -0.2) is 36.3 Å². The first kappa shape index (κ1) is 15.9. The average Bonchev–Trinajstić information content (AvgIpc) is 2.27. The summed E-state index contributed by atoms with van der Waals surface area (Å²) in [6.07, 6.45) is 0.348. The first-order valence-electron chi connectivity index (χ1n) is 5.37. The molecule has 0 aliphatic rings. The molecule has 0 saturated heterocycles. The second-order valence-corrected chi connectivity index (χ2v) is 7.24. The third-order valence-corrected chi connectivity index (χ3v) is 4.48. The molecule has 108 valence electrons. The minimum absolute atomic E-state index is 0.111. The summed E-state index contributed by atoms with van der Waals surface area (Å²) in [5, 5.41) is 4.97. The number of benzene rings is 1. The van der Waals surface area contributed by atoms with E-state index < -0.39 is 20.0 Å². The molecular formula is C10H16N2O5S2. The van der Waals surface area contributed by atoms with Gasteiger partial charge >= 0.3 is 0 Å². The van der Waals surface area contributed by atoms with Crippen LogP contribution in [0, 0.1) is 0 Å². The molecule has 9 heteroatoms. The maximum atomic E-state index is 11.7. The first-order valence-corrected chi connectivity index (χ1v) is 8.57. The molecule has 3 N–H and O–H groups in total. The SMILES string of the molecule is COCCCS(=O)(=O)Nc1cccc(S(N)(=O)=O)c1. The summed E-state index contributed by atoms with van der Waals surface area (Å²) in [7, 11) is -5.91. The van der Waals surface area contributed by atoms with E-state index in [2.05, 4.69) is 4.72 Å². The van der Waals surface area contributed by atoms with Crippen molar-refractivity contribution in [3.63, 3.8) is 0 Å². The van der Waals surface area contributed by atoms with Gasteiger partial charge in [0.25, 0.3) is 0 Å². The topological polar surface area (TPSA) is 116 Å². The van der Waals surface area contributed by atoms with E-state index in [1.807, 2.05) is 0 Å². The van der Waals surface area contributed by atoms with Crippen LogP contribution < -0.4 is 9.86 Å². The van der Waals surface area contributed by atoms with Gasteiger partial charge in [-0.25, -0.2) is 22.0 Å². The molecule has 0 atom stereocenters. The molecule has 0 fully saturated rings. The smallest absolute Gasteiger partial charge is 0.238 e. The molecule has 0 bridgehead atoms. The molecular weight excluding hydrogens is 292 g/mol. The van der Waals surface area contributed by atoms with Crippen LogP contribution in [-0.2, 0) is 24.8 Å². The molecule has 0 aliphatic heterocycles. The highest BCUT2D eigenvalue weighted by atomic mass is 32.2. The summed E-state index contributed by atoms with van der Waals surface area (Å²) in [5.74, 6) is -0.111. The number of methoxy groups -OCH3 is 1. The summed E-state index contributed by atoms with van der Waals surface area (Å²) in [5.41, 5.74) is 0.156. The van der Waals surface area contributed by atoms with Crippen molar-refractivity contribution in [1.29, 1.82) is 0 Å². The molecule has 0 aromatic heterocycles. The van der Waals surface area contributed by atoms with E-state index in [0.29, 0.717) is 13.0 Å². The van der Waals surface area contributed by atoms with Gasteiger partial charge in [0, 0.05) is 19.4 Å². The van der Waals surface area contributed by atoms with Crippen molar-refractivity contribution in [2.24, 2.45) is 5.14 Å². The molecule has 1 aromatic rings. The monoisotopic (exact) mass is 308 g/mol. The number of primary sulfonamides is 1. The summed E-state index contributed by atoms with van der Waals surface area (Å²) in [6.45, 7) is 0.331. The minimum Gasteiger partial charge on any atom is -0.385 e. The fraction of sp³-hybridized carbons (Fsp3) is 0.400. The van der Waals surface area contributed by atoms with Gasteiger partial charge in [-0.05, 0) is 24.6 Å². The van der Waals surface area contributed by atoms with Crippen LogP contribution in [0.4, 0.5) is 5.69 Å². The third-order valence-electron chi connectivity index (χ3n) is 2.20. The summed E-state index contributed by atoms with van der Waals surface area (Å²) in [6, 6.07) is 5.32. The Morgan fingerprint density at radius 1 is 1.26 bits per heavy atom. The lowest BCUT2D eigenvalue weighted by Gasteiger charge is -2.08. The highest BCUT2D eigenvalue weighted by Crippen LogP contribution is 2.15. The van der Waals surface area contributed by atoms with Gasteiger partial charge in [-0.2, -0.15) is 0 Å². The number of rotatable bonds is 7. The zero-order valence-electron chi connectivity index (χ0n) is 10.4. The van der Waals surface area contributed by atoms with Gasteiger partial charge in [0.2, 0.25) is 20.0 Å². The lowest BCUT2D eigenvalue weighted by Crippen LogP contribution is -2.18. The Bertz CT molecular complexity index is 625. The van der Waals surface area contributed by atoms with Gasteiger partial charge in [-0.1, -0.05) is 6.07 Å². The number of anilines is 1. The van der Waals surface area contributed by atoms with E-state index in [4.69, 9.17) is 9.88 Å². The summed E-state index contributed by atoms with van der Waals surface area (Å²) >= 11 is 0. The van der Waals surface area contributed by atoms with Gasteiger partial charge < -0.3 is 4.74 Å². The van der Waals surface area contributed by atoms with Crippen molar-refractivity contribution >= 4 is 25.7 Å². The van der Waals surface area contributed by atoms with E-state index in [1.165, 1.54) is 31.4 Å². The highest BCUT2D eigenvalue weighted by molar-refractivity contribution is 7.92. The molecule has 0 unspecified atom stereocenters. The van der Waals surface area contributed by atoms with Crippen LogP contribution >= 0.6 is 0 Å². The molecule has 1 aromatic carbocycles. The number of nitrogens with one attached hydrogen (secondary N) is 1. The molecule has 19 heavy (non-hydrogen) atoms. The van der Waals surface area contributed by atoms with Crippen LogP contribution in [0.3, 0.4) is 0 Å². The van der Waals surface area contributed by atoms with Gasteiger partial charge in [0.1, 0.15) is 0 Å². The summed E-state index contributed by atoms with van der Waals surface area (Å²) in [4.78, 5) is -0.149. The van der Waals surface area contributed by atoms with E-state index in [1.54, 1.807) is 0 Å². The Labute approximate surface area is 112 Å². The molecule has 0 spiro atoms. The number of ether oxygens (including phenoxy) is 1. The molecule has 0 amide bonds. The number of nitrogens with two attached hydrogens (primary N) is 1. The van der Waals surface area contributed by atoms with E-state index >= 15 is 0 Å². The predicted octanol–water partition coefficient (Wildman–Crippen LogP) is 0.112. The van der Waals surface area contributed by atoms with Crippen molar-refractivity contribution in [2.75, 3.05) is 24.2 Å². The Balaban J connectivity index is 2.83. The average molecular weight is 308 g/mol. The Morgan fingerprint density at radius 2 is 1.95 bits per heavy atom. The fourth-order valence-electron chi connectivity index (χ4n) is 1.36. The van der Waals surface area contributed by atoms with Crippen LogP contribution in [0.15, 0.2) is 29.2 Å². The zero-order valence-corrected chi connectivity index (χ0v) is 12.0. The Hall–Kier alpha value is -1.16. The normalized spacial score (nSPS) is 12.3. The van der Waals surface area contributed by atoms with Gasteiger partial charge in [0.15, 0.2) is 0 Å². The number of sulfonamides is 2. The Morgan fingerprint density at radius 3 is 2.53 bits per heavy atom. The fourth-order valence-corrected chi connectivity index (χ4v) is 3.01. The van der Waals surface area contributed by atoms with Crippen molar-refractivity contribution in [3.05, 3.63) is 24.3 Å². The second-order valence-electron chi connectivity index (χ2n) is 3.84. The predicted molar refractivity (Wildman–Crippen MR) is 71.7 cm³/mol. The van der Waals surface area contributed by atoms with E-state index in [9.17, 15) is 16.8 Å². The zero-order chi connectivity index (χ0) is 14.5. The van der Waals surface area contributed by atoms with E-state index in [-0.39, 0.29) is 16.3 Å². The maximum absolute atomic E-state index is 11.7. The molecule has 0 heterocycles. The van der Waals surface area contributed by atoms with E-state index in [0.717, 1.165) is 0 Å². The van der Waals surface area contributed by atoms with Crippen molar-refractivity contribution in [1.82, 2.24) is 0 Å².